The number of carbonyl (C=O) groups excluding carboxylic acids is 1. The van der Waals surface area contributed by atoms with E-state index >= 15 is 0 Å². The molecule has 1 heterocycles. The van der Waals surface area contributed by atoms with Gasteiger partial charge < -0.3 is 5.32 Å². The Balaban J connectivity index is 2.31. The van der Waals surface area contributed by atoms with Gasteiger partial charge in [-0.25, -0.2) is 4.98 Å². The first-order valence-electron chi connectivity index (χ1n) is 5.74. The maximum absolute atomic E-state index is 12.9. The summed E-state index contributed by atoms with van der Waals surface area (Å²) >= 11 is 5.56. The molecule has 0 saturated heterocycles. The molecule has 1 aromatic heterocycles. The lowest BCUT2D eigenvalue weighted by molar-refractivity contribution is -0.136. The molecule has 0 radical (unpaired) electrons. The maximum atomic E-state index is 12.9. The minimum absolute atomic E-state index is 0.0737. The highest BCUT2D eigenvalue weighted by Crippen LogP contribution is 2.36. The lowest BCUT2D eigenvalue weighted by atomic mass is 10.1. The summed E-state index contributed by atoms with van der Waals surface area (Å²) in [6, 6.07) is 3.09. The van der Waals surface area contributed by atoms with Crippen molar-refractivity contribution in [2.75, 3.05) is 5.32 Å². The molecule has 0 spiro atoms. The van der Waals surface area contributed by atoms with Gasteiger partial charge in [-0.2, -0.15) is 13.2 Å². The molecule has 1 N–H and O–H groups in total. The van der Waals surface area contributed by atoms with Crippen molar-refractivity contribution in [1.29, 1.82) is 0 Å². The molecule has 0 aliphatic heterocycles. The number of hydrogen-bond donors (Lipinski definition) is 1. The van der Waals surface area contributed by atoms with Gasteiger partial charge in [-0.05, 0) is 25.1 Å². The topological polar surface area (TPSA) is 54.9 Å². The van der Waals surface area contributed by atoms with Crippen LogP contribution in [0.15, 0.2) is 30.6 Å². The zero-order chi connectivity index (χ0) is 15.6. The second kappa shape index (κ2) is 5.69. The smallest absolute Gasteiger partial charge is 0.320 e. The summed E-state index contributed by atoms with van der Waals surface area (Å²) in [5, 5.41) is 2.09. The Morgan fingerprint density at radius 1 is 1.24 bits per heavy atom. The van der Waals surface area contributed by atoms with Gasteiger partial charge >= 0.3 is 6.18 Å². The Labute approximate surface area is 123 Å². The molecule has 0 unspecified atom stereocenters. The first-order chi connectivity index (χ1) is 9.77. The summed E-state index contributed by atoms with van der Waals surface area (Å²) in [7, 11) is 0. The zero-order valence-corrected chi connectivity index (χ0v) is 11.5. The van der Waals surface area contributed by atoms with Crippen LogP contribution in [-0.4, -0.2) is 15.9 Å². The molecule has 2 rings (SSSR count). The van der Waals surface area contributed by atoms with Gasteiger partial charge in [0.15, 0.2) is 0 Å². The van der Waals surface area contributed by atoms with E-state index in [0.29, 0.717) is 5.69 Å². The number of aromatic nitrogens is 2. The Morgan fingerprint density at radius 3 is 2.52 bits per heavy atom. The van der Waals surface area contributed by atoms with E-state index in [2.05, 4.69) is 15.3 Å². The van der Waals surface area contributed by atoms with Crippen molar-refractivity contribution < 1.29 is 18.0 Å². The van der Waals surface area contributed by atoms with E-state index in [9.17, 15) is 18.0 Å². The molecular weight excluding hydrogens is 307 g/mol. The monoisotopic (exact) mass is 315 g/mol. The Kier molecular flexibility index (Phi) is 4.13. The molecule has 4 nitrogen and oxygen atoms in total. The molecule has 0 aliphatic rings. The molecule has 0 atom stereocenters. The van der Waals surface area contributed by atoms with Crippen molar-refractivity contribution in [3.63, 3.8) is 0 Å². The highest BCUT2D eigenvalue weighted by atomic mass is 35.5. The van der Waals surface area contributed by atoms with Crippen molar-refractivity contribution in [1.82, 2.24) is 9.97 Å². The van der Waals surface area contributed by atoms with Crippen molar-refractivity contribution in [3.05, 3.63) is 52.6 Å². The fraction of sp³-hybridized carbons (Fsp3) is 0.154. The van der Waals surface area contributed by atoms with Crippen molar-refractivity contribution >= 4 is 23.2 Å². The number of carbonyl (C=O) groups is 1. The minimum Gasteiger partial charge on any atom is -0.320 e. The SMILES string of the molecule is Cc1cnc(C(=O)Nc2ccc(Cl)cc2C(F)(F)F)cn1. The molecule has 1 amide bonds. The summed E-state index contributed by atoms with van der Waals surface area (Å²) in [6.07, 6.45) is -2.10. The van der Waals surface area contributed by atoms with Gasteiger partial charge in [0.25, 0.3) is 5.91 Å². The summed E-state index contributed by atoms with van der Waals surface area (Å²) in [5.41, 5.74) is -0.902. The normalized spacial score (nSPS) is 11.3. The quantitative estimate of drug-likeness (QED) is 0.919. The third-order valence-corrected chi connectivity index (χ3v) is 2.78. The third kappa shape index (κ3) is 3.69. The van der Waals surface area contributed by atoms with Crippen LogP contribution in [0.25, 0.3) is 0 Å². The van der Waals surface area contributed by atoms with E-state index in [-0.39, 0.29) is 16.4 Å². The maximum Gasteiger partial charge on any atom is 0.418 e. The number of hydrogen-bond acceptors (Lipinski definition) is 3. The number of alkyl halides is 3. The number of anilines is 1. The van der Waals surface area contributed by atoms with Crippen molar-refractivity contribution in [2.24, 2.45) is 0 Å². The molecule has 2 aromatic rings. The molecule has 0 fully saturated rings. The number of halogens is 4. The van der Waals surface area contributed by atoms with E-state index in [1.54, 1.807) is 6.92 Å². The van der Waals surface area contributed by atoms with Crippen LogP contribution in [0.3, 0.4) is 0 Å². The summed E-state index contributed by atoms with van der Waals surface area (Å²) in [4.78, 5) is 19.5. The van der Waals surface area contributed by atoms with E-state index in [1.807, 2.05) is 0 Å². The minimum atomic E-state index is -4.63. The lowest BCUT2D eigenvalue weighted by Gasteiger charge is -2.13. The Hall–Kier alpha value is -2.15. The second-order valence-electron chi connectivity index (χ2n) is 4.18. The highest BCUT2D eigenvalue weighted by Gasteiger charge is 2.34. The molecule has 110 valence electrons. The van der Waals surface area contributed by atoms with Gasteiger partial charge in [0.05, 0.1) is 23.1 Å². The van der Waals surface area contributed by atoms with E-state index < -0.39 is 17.6 Å². The van der Waals surface area contributed by atoms with Crippen LogP contribution in [-0.2, 0) is 6.18 Å². The molecular formula is C13H9ClF3N3O. The average Bonchev–Trinajstić information content (AvgIpc) is 2.40. The number of rotatable bonds is 2. The first-order valence-corrected chi connectivity index (χ1v) is 6.12. The molecule has 0 aliphatic carbocycles. The van der Waals surface area contributed by atoms with Crippen molar-refractivity contribution in [3.8, 4) is 0 Å². The van der Waals surface area contributed by atoms with Crippen LogP contribution in [0, 0.1) is 6.92 Å². The Morgan fingerprint density at radius 2 is 1.95 bits per heavy atom. The predicted octanol–water partition coefficient (Wildman–Crippen LogP) is 3.71. The lowest BCUT2D eigenvalue weighted by Crippen LogP contribution is -2.18. The predicted molar refractivity (Wildman–Crippen MR) is 71.2 cm³/mol. The van der Waals surface area contributed by atoms with Crippen LogP contribution >= 0.6 is 11.6 Å². The van der Waals surface area contributed by atoms with Crippen LogP contribution in [0.5, 0.6) is 0 Å². The van der Waals surface area contributed by atoms with Crippen LogP contribution in [0.2, 0.25) is 5.02 Å². The van der Waals surface area contributed by atoms with E-state index in [1.165, 1.54) is 18.5 Å². The number of aryl methyl sites for hydroxylation is 1. The molecule has 8 heteroatoms. The van der Waals surface area contributed by atoms with Crippen LogP contribution in [0.4, 0.5) is 18.9 Å². The summed E-state index contributed by atoms with van der Waals surface area (Å²) < 4.78 is 38.7. The average molecular weight is 316 g/mol. The number of nitrogens with zero attached hydrogens (tertiary/aromatic N) is 2. The molecule has 21 heavy (non-hydrogen) atoms. The van der Waals surface area contributed by atoms with Crippen LogP contribution < -0.4 is 5.32 Å². The van der Waals surface area contributed by atoms with Gasteiger partial charge in [0.2, 0.25) is 0 Å². The zero-order valence-electron chi connectivity index (χ0n) is 10.7. The van der Waals surface area contributed by atoms with Gasteiger partial charge in [-0.3, -0.25) is 9.78 Å². The number of amides is 1. The molecule has 1 aromatic carbocycles. The van der Waals surface area contributed by atoms with E-state index in [4.69, 9.17) is 11.6 Å². The fourth-order valence-corrected chi connectivity index (χ4v) is 1.73. The summed E-state index contributed by atoms with van der Waals surface area (Å²) in [6.45, 7) is 1.68. The van der Waals surface area contributed by atoms with Crippen LogP contribution in [0.1, 0.15) is 21.7 Å². The second-order valence-corrected chi connectivity index (χ2v) is 4.62. The standard InChI is InChI=1S/C13H9ClF3N3O/c1-7-5-19-11(6-18-7)12(21)20-10-3-2-8(14)4-9(10)13(15,16)17/h2-6H,1H3,(H,20,21). The molecule has 0 saturated carbocycles. The third-order valence-electron chi connectivity index (χ3n) is 2.55. The van der Waals surface area contributed by atoms with Gasteiger partial charge in [0, 0.05) is 11.2 Å². The van der Waals surface area contributed by atoms with Gasteiger partial charge in [0.1, 0.15) is 5.69 Å². The van der Waals surface area contributed by atoms with E-state index in [0.717, 1.165) is 12.1 Å². The number of benzene rings is 1. The highest BCUT2D eigenvalue weighted by molar-refractivity contribution is 6.30. The van der Waals surface area contributed by atoms with Gasteiger partial charge in [-0.1, -0.05) is 11.6 Å². The number of nitrogens with one attached hydrogen (secondary N) is 1. The Bertz CT molecular complexity index is 671. The largest absolute Gasteiger partial charge is 0.418 e. The summed E-state index contributed by atoms with van der Waals surface area (Å²) in [5.74, 6) is -0.782. The fourth-order valence-electron chi connectivity index (χ4n) is 1.56. The molecule has 0 bridgehead atoms. The first kappa shape index (κ1) is 15.2. The van der Waals surface area contributed by atoms with Gasteiger partial charge in [-0.15, -0.1) is 0 Å². The van der Waals surface area contributed by atoms with Crippen molar-refractivity contribution in [2.45, 2.75) is 13.1 Å².